The number of methoxy groups -OCH3 is 1. The first-order valence-corrected chi connectivity index (χ1v) is 6.54. The molecule has 0 aliphatic heterocycles. The number of rotatable bonds is 8. The predicted octanol–water partition coefficient (Wildman–Crippen LogP) is 1.15. The molecule has 1 rings (SSSR count). The van der Waals surface area contributed by atoms with Gasteiger partial charge in [-0.25, -0.2) is 4.98 Å². The van der Waals surface area contributed by atoms with E-state index in [2.05, 4.69) is 21.8 Å². The minimum atomic E-state index is -0.203. The molecule has 0 aromatic carbocycles. The molecule has 0 bridgehead atoms. The number of imidazole rings is 1. The van der Waals surface area contributed by atoms with Crippen molar-refractivity contribution in [2.45, 2.75) is 32.9 Å². The second-order valence-corrected chi connectivity index (χ2v) is 4.83. The van der Waals surface area contributed by atoms with Gasteiger partial charge in [0.2, 0.25) is 5.91 Å². The molecule has 0 spiro atoms. The molecule has 0 aliphatic carbocycles. The molecule has 0 radical (unpaired) electrons. The van der Waals surface area contributed by atoms with Crippen molar-refractivity contribution in [1.29, 1.82) is 0 Å². The number of halogens is 2. The molecule has 0 saturated carbocycles. The fraction of sp³-hybridized carbons (Fsp3) is 0.692. The number of aromatic nitrogens is 2. The predicted molar refractivity (Wildman–Crippen MR) is 88.1 cm³/mol. The Bertz CT molecular complexity index is 397. The van der Waals surface area contributed by atoms with Gasteiger partial charge in [-0.1, -0.05) is 6.92 Å². The van der Waals surface area contributed by atoms with Gasteiger partial charge >= 0.3 is 0 Å². The molecule has 1 amide bonds. The smallest absolute Gasteiger partial charge is 0.222 e. The van der Waals surface area contributed by atoms with Gasteiger partial charge in [-0.2, -0.15) is 0 Å². The third-order valence-electron chi connectivity index (χ3n) is 3.09. The summed E-state index contributed by atoms with van der Waals surface area (Å²) in [5.74, 6) is 1.31. The Balaban J connectivity index is 0. The van der Waals surface area contributed by atoms with Crippen LogP contribution in [0.25, 0.3) is 0 Å². The fourth-order valence-electron chi connectivity index (χ4n) is 1.83. The van der Waals surface area contributed by atoms with Crippen LogP contribution in [0.4, 0.5) is 0 Å². The van der Waals surface area contributed by atoms with Gasteiger partial charge in [0.1, 0.15) is 5.82 Å². The van der Waals surface area contributed by atoms with Gasteiger partial charge in [-0.05, 0) is 12.8 Å². The normalized spacial score (nSPS) is 12.8. The van der Waals surface area contributed by atoms with Gasteiger partial charge in [-0.3, -0.25) is 4.79 Å². The third-order valence-corrected chi connectivity index (χ3v) is 3.09. The number of ether oxygens (including phenoxy) is 1. The van der Waals surface area contributed by atoms with Crippen LogP contribution in [0.5, 0.6) is 0 Å². The van der Waals surface area contributed by atoms with Gasteiger partial charge in [0.25, 0.3) is 0 Å². The molecule has 2 unspecified atom stereocenters. The van der Waals surface area contributed by atoms with Crippen LogP contribution in [-0.2, 0) is 16.1 Å². The summed E-state index contributed by atoms with van der Waals surface area (Å²) in [6.45, 7) is 5.90. The summed E-state index contributed by atoms with van der Waals surface area (Å²) in [4.78, 5) is 15.9. The molecule has 6 nitrogen and oxygen atoms in total. The SMILES string of the molecule is COC(CN)CC(=O)NCC(C)Cn1ccnc1C.Cl.Cl. The molecular weight excluding hydrogens is 315 g/mol. The van der Waals surface area contributed by atoms with E-state index < -0.39 is 0 Å². The van der Waals surface area contributed by atoms with Crippen LogP contribution in [0, 0.1) is 12.8 Å². The first-order valence-electron chi connectivity index (χ1n) is 6.54. The highest BCUT2D eigenvalue weighted by Crippen LogP contribution is 2.03. The van der Waals surface area contributed by atoms with E-state index in [0.29, 0.717) is 25.4 Å². The molecule has 3 N–H and O–H groups in total. The standard InChI is InChI=1S/C13H24N4O2.2ClH/c1-10(9-17-5-4-15-11(17)2)8-16-13(18)6-12(7-14)19-3;;/h4-5,10,12H,6-9,14H2,1-3H3,(H,16,18);2*1H. The molecular formula is C13H26Cl2N4O2. The zero-order chi connectivity index (χ0) is 14.3. The second-order valence-electron chi connectivity index (χ2n) is 4.83. The van der Waals surface area contributed by atoms with Crippen molar-refractivity contribution < 1.29 is 9.53 Å². The lowest BCUT2D eigenvalue weighted by Gasteiger charge is -2.16. The summed E-state index contributed by atoms with van der Waals surface area (Å²) in [6, 6.07) is 0. The van der Waals surface area contributed by atoms with Crippen LogP contribution in [0.15, 0.2) is 12.4 Å². The summed E-state index contributed by atoms with van der Waals surface area (Å²) < 4.78 is 7.16. The summed E-state index contributed by atoms with van der Waals surface area (Å²) in [7, 11) is 1.56. The molecule has 0 saturated heterocycles. The van der Waals surface area contributed by atoms with Crippen molar-refractivity contribution in [2.24, 2.45) is 11.7 Å². The molecule has 1 heterocycles. The maximum absolute atomic E-state index is 11.7. The van der Waals surface area contributed by atoms with Crippen molar-refractivity contribution in [3.05, 3.63) is 18.2 Å². The zero-order valence-corrected chi connectivity index (χ0v) is 14.4. The molecule has 8 heteroatoms. The molecule has 2 atom stereocenters. The molecule has 0 aliphatic rings. The maximum Gasteiger partial charge on any atom is 0.222 e. The minimum Gasteiger partial charge on any atom is -0.380 e. The topological polar surface area (TPSA) is 82.2 Å². The van der Waals surface area contributed by atoms with Crippen LogP contribution in [-0.4, -0.2) is 41.8 Å². The first-order chi connectivity index (χ1) is 9.06. The van der Waals surface area contributed by atoms with Crippen LogP contribution >= 0.6 is 24.8 Å². The highest BCUT2D eigenvalue weighted by Gasteiger charge is 2.12. The molecule has 21 heavy (non-hydrogen) atoms. The lowest BCUT2D eigenvalue weighted by molar-refractivity contribution is -0.123. The van der Waals surface area contributed by atoms with Crippen LogP contribution in [0.3, 0.4) is 0 Å². The number of amides is 1. The summed E-state index contributed by atoms with van der Waals surface area (Å²) in [5, 5.41) is 2.91. The number of hydrogen-bond acceptors (Lipinski definition) is 4. The fourth-order valence-corrected chi connectivity index (χ4v) is 1.83. The molecule has 124 valence electrons. The molecule has 1 aromatic rings. The lowest BCUT2D eigenvalue weighted by Crippen LogP contribution is -2.35. The van der Waals surface area contributed by atoms with Gasteiger partial charge in [0.05, 0.1) is 12.5 Å². The number of nitrogens with two attached hydrogens (primary N) is 1. The van der Waals surface area contributed by atoms with E-state index in [1.807, 2.05) is 13.1 Å². The lowest BCUT2D eigenvalue weighted by atomic mass is 10.1. The van der Waals surface area contributed by atoms with Crippen LogP contribution < -0.4 is 11.1 Å². The van der Waals surface area contributed by atoms with E-state index in [9.17, 15) is 4.79 Å². The monoisotopic (exact) mass is 340 g/mol. The van der Waals surface area contributed by atoms with E-state index in [-0.39, 0.29) is 36.8 Å². The Morgan fingerprint density at radius 3 is 2.67 bits per heavy atom. The number of nitrogens with one attached hydrogen (secondary N) is 1. The highest BCUT2D eigenvalue weighted by molar-refractivity contribution is 5.85. The Morgan fingerprint density at radius 1 is 1.52 bits per heavy atom. The highest BCUT2D eigenvalue weighted by atomic mass is 35.5. The number of carbonyl (C=O) groups is 1. The largest absolute Gasteiger partial charge is 0.380 e. The zero-order valence-electron chi connectivity index (χ0n) is 12.7. The van der Waals surface area contributed by atoms with E-state index in [1.54, 1.807) is 13.3 Å². The van der Waals surface area contributed by atoms with E-state index >= 15 is 0 Å². The molecule has 1 aromatic heterocycles. The second kappa shape index (κ2) is 11.8. The average molecular weight is 341 g/mol. The van der Waals surface area contributed by atoms with Gasteiger partial charge in [0.15, 0.2) is 0 Å². The maximum atomic E-state index is 11.7. The first kappa shape index (κ1) is 22.5. The van der Waals surface area contributed by atoms with Crippen molar-refractivity contribution in [3.8, 4) is 0 Å². The minimum absolute atomic E-state index is 0. The van der Waals surface area contributed by atoms with Gasteiger partial charge in [0, 0.05) is 39.1 Å². The van der Waals surface area contributed by atoms with Gasteiger partial charge < -0.3 is 20.4 Å². The Kier molecular flexibility index (Phi) is 12.6. The van der Waals surface area contributed by atoms with Gasteiger partial charge in [-0.15, -0.1) is 24.8 Å². The third kappa shape index (κ3) is 8.26. The Labute approximate surface area is 138 Å². The van der Waals surface area contributed by atoms with Crippen molar-refractivity contribution in [2.75, 3.05) is 20.2 Å². The number of aryl methyl sites for hydroxylation is 1. The number of nitrogens with zero attached hydrogens (tertiary/aromatic N) is 2. The number of carbonyl (C=O) groups excluding carboxylic acids is 1. The summed E-state index contributed by atoms with van der Waals surface area (Å²) in [6.07, 6.45) is 3.84. The van der Waals surface area contributed by atoms with Crippen molar-refractivity contribution >= 4 is 30.7 Å². The van der Waals surface area contributed by atoms with E-state index in [0.717, 1.165) is 12.4 Å². The quantitative estimate of drug-likeness (QED) is 0.743. The summed E-state index contributed by atoms with van der Waals surface area (Å²) in [5.41, 5.74) is 5.48. The van der Waals surface area contributed by atoms with Crippen molar-refractivity contribution in [1.82, 2.24) is 14.9 Å². The van der Waals surface area contributed by atoms with Crippen LogP contribution in [0.1, 0.15) is 19.2 Å². The van der Waals surface area contributed by atoms with E-state index in [1.165, 1.54) is 0 Å². The summed E-state index contributed by atoms with van der Waals surface area (Å²) >= 11 is 0. The van der Waals surface area contributed by atoms with Crippen LogP contribution in [0.2, 0.25) is 0 Å². The number of hydrogen-bond donors (Lipinski definition) is 2. The van der Waals surface area contributed by atoms with Crippen molar-refractivity contribution in [3.63, 3.8) is 0 Å². The Morgan fingerprint density at radius 2 is 2.19 bits per heavy atom. The van der Waals surface area contributed by atoms with E-state index in [4.69, 9.17) is 10.5 Å². The average Bonchev–Trinajstić information content (AvgIpc) is 2.79. The Hall–Kier alpha value is -0.820. The molecule has 0 fully saturated rings.